The van der Waals surface area contributed by atoms with Crippen LogP contribution in [0.1, 0.15) is 17.2 Å². The molecule has 2 atom stereocenters. The van der Waals surface area contributed by atoms with Crippen molar-refractivity contribution in [3.63, 3.8) is 0 Å². The van der Waals surface area contributed by atoms with Gasteiger partial charge in [0, 0.05) is 31.1 Å². The summed E-state index contributed by atoms with van der Waals surface area (Å²) in [7, 11) is 3.80. The number of anilines is 1. The predicted molar refractivity (Wildman–Crippen MR) is 108 cm³/mol. The Hall–Kier alpha value is -2.97. The molecule has 0 fully saturated rings. The normalized spacial score (nSPS) is 13.0. The first kappa shape index (κ1) is 21.3. The van der Waals surface area contributed by atoms with Gasteiger partial charge in [-0.1, -0.05) is 36.4 Å². The van der Waals surface area contributed by atoms with Gasteiger partial charge in [-0.2, -0.15) is 0 Å². The molecule has 0 spiro atoms. The van der Waals surface area contributed by atoms with Gasteiger partial charge in [-0.3, -0.25) is 10.1 Å². The lowest BCUT2D eigenvalue weighted by Gasteiger charge is -2.26. The smallest absolute Gasteiger partial charge is 0.319 e. The van der Waals surface area contributed by atoms with E-state index >= 15 is 0 Å². The molecular formula is C20H26N4O4. The topological polar surface area (TPSA) is 108 Å². The summed E-state index contributed by atoms with van der Waals surface area (Å²) < 4.78 is 0. The lowest BCUT2D eigenvalue weighted by molar-refractivity contribution is -0.384. The summed E-state index contributed by atoms with van der Waals surface area (Å²) in [5.41, 5.74) is 1.78. The molecule has 0 heterocycles. The average Bonchev–Trinajstić information content (AvgIpc) is 2.66. The lowest BCUT2D eigenvalue weighted by Crippen LogP contribution is -2.39. The predicted octanol–water partition coefficient (Wildman–Crippen LogP) is 2.94. The molecule has 0 aromatic heterocycles. The highest BCUT2D eigenvalue weighted by atomic mass is 16.6. The Morgan fingerprint density at radius 3 is 2.50 bits per heavy atom. The van der Waals surface area contributed by atoms with Gasteiger partial charge in [-0.15, -0.1) is 0 Å². The van der Waals surface area contributed by atoms with Gasteiger partial charge in [-0.05, 0) is 32.1 Å². The van der Waals surface area contributed by atoms with E-state index in [9.17, 15) is 20.0 Å². The van der Waals surface area contributed by atoms with Crippen molar-refractivity contribution in [2.24, 2.45) is 5.92 Å². The maximum absolute atomic E-state index is 12.3. The van der Waals surface area contributed by atoms with Crippen LogP contribution in [0.3, 0.4) is 0 Å². The van der Waals surface area contributed by atoms with Gasteiger partial charge in [0.15, 0.2) is 0 Å². The summed E-state index contributed by atoms with van der Waals surface area (Å²) in [6.45, 7) is 2.58. The zero-order chi connectivity index (χ0) is 20.7. The third kappa shape index (κ3) is 6.04. The van der Waals surface area contributed by atoms with Gasteiger partial charge in [0.1, 0.15) is 0 Å². The molecule has 0 saturated heterocycles. The molecule has 0 aliphatic rings. The van der Waals surface area contributed by atoms with Crippen LogP contribution in [-0.2, 0) is 0 Å². The number of aliphatic hydroxyl groups excluding tert-OH is 1. The van der Waals surface area contributed by atoms with Crippen molar-refractivity contribution in [3.05, 3.63) is 69.8 Å². The van der Waals surface area contributed by atoms with Crippen LogP contribution in [0.15, 0.2) is 48.5 Å². The van der Waals surface area contributed by atoms with E-state index < -0.39 is 17.1 Å². The Bertz CT molecular complexity index is 811. The van der Waals surface area contributed by atoms with Crippen molar-refractivity contribution in [2.45, 2.75) is 13.0 Å². The Morgan fingerprint density at radius 2 is 1.89 bits per heavy atom. The van der Waals surface area contributed by atoms with Crippen LogP contribution < -0.4 is 10.6 Å². The Labute approximate surface area is 164 Å². The number of nitro benzene ring substituents is 1. The SMILES string of the molecule is Cc1ccc([N+](=O)[O-])cc1NC(=O)NC[C@@H](CN(C)C)[C@@H](O)c1ccccc1. The number of nitrogens with zero attached hydrogens (tertiary/aromatic N) is 2. The fourth-order valence-electron chi connectivity index (χ4n) is 2.92. The largest absolute Gasteiger partial charge is 0.388 e. The molecule has 0 bridgehead atoms. The highest BCUT2D eigenvalue weighted by Gasteiger charge is 2.22. The summed E-state index contributed by atoms with van der Waals surface area (Å²) in [5, 5.41) is 27.0. The fraction of sp³-hybridized carbons (Fsp3) is 0.350. The second kappa shape index (κ2) is 9.82. The number of urea groups is 1. The number of nitro groups is 1. The highest BCUT2D eigenvalue weighted by Crippen LogP contribution is 2.23. The molecule has 0 aliphatic heterocycles. The van der Waals surface area contributed by atoms with Crippen LogP contribution in [0.5, 0.6) is 0 Å². The number of carbonyl (C=O) groups excluding carboxylic acids is 1. The standard InChI is InChI=1S/C20H26N4O4/c1-14-9-10-17(24(27)28)11-18(14)22-20(26)21-12-16(13-23(2)3)19(25)15-7-5-4-6-8-15/h4-11,16,19,25H,12-13H2,1-3H3,(H2,21,22,26)/t16-,19-/m0/s1. The van der Waals surface area contributed by atoms with Gasteiger partial charge in [0.2, 0.25) is 0 Å². The van der Waals surface area contributed by atoms with Crippen LogP contribution in [-0.4, -0.2) is 48.1 Å². The van der Waals surface area contributed by atoms with E-state index in [4.69, 9.17) is 0 Å². The van der Waals surface area contributed by atoms with Crippen LogP contribution >= 0.6 is 0 Å². The lowest BCUT2D eigenvalue weighted by atomic mass is 9.95. The first-order chi connectivity index (χ1) is 13.3. The van der Waals surface area contributed by atoms with E-state index in [1.165, 1.54) is 12.1 Å². The minimum absolute atomic E-state index is 0.0918. The van der Waals surface area contributed by atoms with Crippen molar-refractivity contribution >= 4 is 17.4 Å². The van der Waals surface area contributed by atoms with E-state index in [1.54, 1.807) is 13.0 Å². The first-order valence-corrected chi connectivity index (χ1v) is 8.95. The maximum atomic E-state index is 12.3. The Kier molecular flexibility index (Phi) is 7.48. The molecule has 2 amide bonds. The number of rotatable bonds is 8. The molecule has 0 radical (unpaired) electrons. The van der Waals surface area contributed by atoms with E-state index in [0.29, 0.717) is 12.2 Å². The minimum atomic E-state index is -0.733. The summed E-state index contributed by atoms with van der Waals surface area (Å²) >= 11 is 0. The van der Waals surface area contributed by atoms with E-state index in [0.717, 1.165) is 11.1 Å². The fourth-order valence-corrected chi connectivity index (χ4v) is 2.92. The zero-order valence-electron chi connectivity index (χ0n) is 16.3. The summed E-state index contributed by atoms with van der Waals surface area (Å²) in [6, 6.07) is 13.1. The van der Waals surface area contributed by atoms with Gasteiger partial charge in [-0.25, -0.2) is 4.79 Å². The van der Waals surface area contributed by atoms with Crippen molar-refractivity contribution in [1.29, 1.82) is 0 Å². The van der Waals surface area contributed by atoms with Crippen molar-refractivity contribution < 1.29 is 14.8 Å². The van der Waals surface area contributed by atoms with Crippen LogP contribution in [0.25, 0.3) is 0 Å². The molecule has 28 heavy (non-hydrogen) atoms. The number of aliphatic hydroxyl groups is 1. The quantitative estimate of drug-likeness (QED) is 0.478. The number of carbonyl (C=O) groups is 1. The third-order valence-electron chi connectivity index (χ3n) is 4.39. The molecule has 2 aromatic rings. The number of non-ortho nitro benzene ring substituents is 1. The number of amides is 2. The van der Waals surface area contributed by atoms with Crippen molar-refractivity contribution in [3.8, 4) is 0 Å². The second-order valence-corrected chi connectivity index (χ2v) is 6.97. The van der Waals surface area contributed by atoms with Crippen molar-refractivity contribution in [1.82, 2.24) is 10.2 Å². The average molecular weight is 386 g/mol. The van der Waals surface area contributed by atoms with Crippen LogP contribution in [0.4, 0.5) is 16.2 Å². The van der Waals surface area contributed by atoms with Gasteiger partial charge in [0.25, 0.3) is 5.69 Å². The number of hydrogen-bond acceptors (Lipinski definition) is 5. The molecule has 3 N–H and O–H groups in total. The molecule has 150 valence electrons. The van der Waals surface area contributed by atoms with Gasteiger partial charge >= 0.3 is 6.03 Å². The van der Waals surface area contributed by atoms with Gasteiger partial charge in [0.05, 0.1) is 16.7 Å². The summed E-state index contributed by atoms with van der Waals surface area (Å²) in [4.78, 5) is 24.7. The molecule has 8 nitrogen and oxygen atoms in total. The monoisotopic (exact) mass is 386 g/mol. The molecule has 0 aliphatic carbocycles. The number of hydrogen-bond donors (Lipinski definition) is 3. The number of nitrogens with one attached hydrogen (secondary N) is 2. The van der Waals surface area contributed by atoms with Crippen molar-refractivity contribution in [2.75, 3.05) is 32.5 Å². The maximum Gasteiger partial charge on any atom is 0.319 e. The Balaban J connectivity index is 2.03. The first-order valence-electron chi connectivity index (χ1n) is 8.95. The Morgan fingerprint density at radius 1 is 1.21 bits per heavy atom. The van der Waals surface area contributed by atoms with E-state index in [-0.39, 0.29) is 18.2 Å². The molecular weight excluding hydrogens is 360 g/mol. The van der Waals surface area contributed by atoms with Crippen LogP contribution in [0, 0.1) is 23.0 Å². The summed E-state index contributed by atoms with van der Waals surface area (Å²) in [5.74, 6) is -0.227. The minimum Gasteiger partial charge on any atom is -0.388 e. The molecule has 0 saturated carbocycles. The second-order valence-electron chi connectivity index (χ2n) is 6.97. The molecule has 0 unspecified atom stereocenters. The third-order valence-corrected chi connectivity index (χ3v) is 4.39. The number of aryl methyl sites for hydroxylation is 1. The highest BCUT2D eigenvalue weighted by molar-refractivity contribution is 5.90. The zero-order valence-corrected chi connectivity index (χ0v) is 16.3. The summed E-state index contributed by atoms with van der Waals surface area (Å²) in [6.07, 6.45) is -0.733. The van der Waals surface area contributed by atoms with E-state index in [2.05, 4.69) is 10.6 Å². The van der Waals surface area contributed by atoms with Gasteiger partial charge < -0.3 is 20.6 Å². The van der Waals surface area contributed by atoms with Crippen LogP contribution in [0.2, 0.25) is 0 Å². The van der Waals surface area contributed by atoms with E-state index in [1.807, 2.05) is 49.3 Å². The number of benzene rings is 2. The molecule has 8 heteroatoms. The molecule has 2 rings (SSSR count). The molecule has 2 aromatic carbocycles.